The highest BCUT2D eigenvalue weighted by Crippen LogP contribution is 2.21. The van der Waals surface area contributed by atoms with Crippen LogP contribution in [0.4, 0.5) is 0 Å². The zero-order valence-electron chi connectivity index (χ0n) is 9.96. The lowest BCUT2D eigenvalue weighted by Gasteiger charge is -2.14. The Balaban J connectivity index is 2.15. The summed E-state index contributed by atoms with van der Waals surface area (Å²) in [4.78, 5) is 0. The third-order valence-electron chi connectivity index (χ3n) is 2.99. The molecule has 1 aromatic carbocycles. The quantitative estimate of drug-likeness (QED) is 0.872. The zero-order valence-corrected chi connectivity index (χ0v) is 10.8. The van der Waals surface area contributed by atoms with Crippen LogP contribution in [-0.2, 0) is 23.1 Å². The molecule has 0 saturated carbocycles. The molecule has 1 fully saturated rings. The van der Waals surface area contributed by atoms with Crippen molar-refractivity contribution in [1.29, 1.82) is 0 Å². The van der Waals surface area contributed by atoms with Gasteiger partial charge in [-0.2, -0.15) is 4.31 Å². The van der Waals surface area contributed by atoms with Crippen LogP contribution in [0, 0.1) is 5.92 Å². The lowest BCUT2D eigenvalue weighted by atomic mass is 10.1. The van der Waals surface area contributed by atoms with Crippen molar-refractivity contribution in [2.45, 2.75) is 20.0 Å². The van der Waals surface area contributed by atoms with Crippen molar-refractivity contribution in [2.75, 3.05) is 12.3 Å². The summed E-state index contributed by atoms with van der Waals surface area (Å²) >= 11 is 0. The van der Waals surface area contributed by atoms with Gasteiger partial charge in [0.05, 0.1) is 5.75 Å². The van der Waals surface area contributed by atoms with Gasteiger partial charge in [-0.25, -0.2) is 8.42 Å². The predicted octanol–water partition coefficient (Wildman–Crippen LogP) is 0.927. The summed E-state index contributed by atoms with van der Waals surface area (Å²) in [6.45, 7) is 3.53. The van der Waals surface area contributed by atoms with Crippen molar-refractivity contribution in [2.24, 2.45) is 11.7 Å². The highest BCUT2D eigenvalue weighted by Gasteiger charge is 2.33. The number of benzene rings is 1. The van der Waals surface area contributed by atoms with E-state index in [2.05, 4.69) is 0 Å². The van der Waals surface area contributed by atoms with Crippen LogP contribution in [0.5, 0.6) is 0 Å². The molecule has 1 atom stereocenters. The highest BCUT2D eigenvalue weighted by molar-refractivity contribution is 7.89. The highest BCUT2D eigenvalue weighted by atomic mass is 32.2. The number of nitrogens with zero attached hydrogens (tertiary/aromatic N) is 1. The molecule has 0 radical (unpaired) electrons. The average Bonchev–Trinajstić information content (AvgIpc) is 2.52. The van der Waals surface area contributed by atoms with Gasteiger partial charge in [-0.05, 0) is 17.0 Å². The summed E-state index contributed by atoms with van der Waals surface area (Å²) in [6, 6.07) is 7.78. The first-order chi connectivity index (χ1) is 8.01. The molecule has 1 unspecified atom stereocenters. The van der Waals surface area contributed by atoms with E-state index in [9.17, 15) is 8.42 Å². The molecule has 1 saturated heterocycles. The minimum Gasteiger partial charge on any atom is -0.326 e. The molecule has 17 heavy (non-hydrogen) atoms. The van der Waals surface area contributed by atoms with Gasteiger partial charge in [-0.15, -0.1) is 0 Å². The monoisotopic (exact) mass is 254 g/mol. The molecule has 0 aromatic heterocycles. The Hall–Kier alpha value is -0.910. The third kappa shape index (κ3) is 2.86. The molecule has 0 bridgehead atoms. The minimum atomic E-state index is -3.05. The molecule has 2 rings (SSSR count). The molecular weight excluding hydrogens is 236 g/mol. The Labute approximate surface area is 102 Å². The summed E-state index contributed by atoms with van der Waals surface area (Å²) < 4.78 is 25.2. The van der Waals surface area contributed by atoms with E-state index in [-0.39, 0.29) is 11.7 Å². The maximum atomic E-state index is 11.8. The molecule has 5 heteroatoms. The van der Waals surface area contributed by atoms with Crippen LogP contribution in [0.25, 0.3) is 0 Å². The molecule has 4 nitrogen and oxygen atoms in total. The van der Waals surface area contributed by atoms with Crippen molar-refractivity contribution < 1.29 is 8.42 Å². The van der Waals surface area contributed by atoms with Crippen LogP contribution >= 0.6 is 0 Å². The molecule has 0 spiro atoms. The van der Waals surface area contributed by atoms with Crippen molar-refractivity contribution in [3.05, 3.63) is 35.4 Å². The van der Waals surface area contributed by atoms with Gasteiger partial charge in [0.2, 0.25) is 10.0 Å². The van der Waals surface area contributed by atoms with Gasteiger partial charge in [0.1, 0.15) is 0 Å². The number of rotatable bonds is 3. The molecule has 0 amide bonds. The van der Waals surface area contributed by atoms with Crippen LogP contribution < -0.4 is 5.73 Å². The Kier molecular flexibility index (Phi) is 3.51. The second kappa shape index (κ2) is 4.76. The molecular formula is C12H18N2O2S. The van der Waals surface area contributed by atoms with Crippen LogP contribution in [0.3, 0.4) is 0 Å². The Morgan fingerprint density at radius 1 is 1.41 bits per heavy atom. The summed E-state index contributed by atoms with van der Waals surface area (Å²) in [5.74, 6) is 0.488. The van der Waals surface area contributed by atoms with E-state index in [1.165, 1.54) is 0 Å². The molecule has 1 aromatic rings. The fourth-order valence-electron chi connectivity index (χ4n) is 2.20. The lowest BCUT2D eigenvalue weighted by Crippen LogP contribution is -2.25. The second-order valence-electron chi connectivity index (χ2n) is 4.70. The summed E-state index contributed by atoms with van der Waals surface area (Å²) in [6.07, 6.45) is 0. The molecule has 94 valence electrons. The molecule has 1 aliphatic rings. The van der Waals surface area contributed by atoms with E-state index in [1.54, 1.807) is 4.31 Å². The zero-order chi connectivity index (χ0) is 12.5. The van der Waals surface area contributed by atoms with Gasteiger partial charge in [0.15, 0.2) is 0 Å². The standard InChI is InChI=1S/C12H18N2O2S/c1-10-7-14(17(15,16)9-10)8-12-4-2-3-11(5-12)6-13/h2-5,10H,6-9,13H2,1H3. The Morgan fingerprint density at radius 2 is 2.12 bits per heavy atom. The number of sulfonamides is 1. The van der Waals surface area contributed by atoms with E-state index in [0.29, 0.717) is 19.6 Å². The fraction of sp³-hybridized carbons (Fsp3) is 0.500. The van der Waals surface area contributed by atoms with Crippen molar-refractivity contribution >= 4 is 10.0 Å². The van der Waals surface area contributed by atoms with Crippen molar-refractivity contribution in [3.8, 4) is 0 Å². The lowest BCUT2D eigenvalue weighted by molar-refractivity contribution is 0.409. The maximum Gasteiger partial charge on any atom is 0.214 e. The predicted molar refractivity (Wildman–Crippen MR) is 67.7 cm³/mol. The fourth-order valence-corrected chi connectivity index (χ4v) is 4.06. The van der Waals surface area contributed by atoms with E-state index < -0.39 is 10.0 Å². The van der Waals surface area contributed by atoms with Gasteiger partial charge in [-0.1, -0.05) is 31.2 Å². The molecule has 1 heterocycles. The van der Waals surface area contributed by atoms with Gasteiger partial charge >= 0.3 is 0 Å². The van der Waals surface area contributed by atoms with E-state index >= 15 is 0 Å². The minimum absolute atomic E-state index is 0.220. The molecule has 2 N–H and O–H groups in total. The van der Waals surface area contributed by atoms with Crippen LogP contribution in [0.1, 0.15) is 18.1 Å². The molecule has 1 aliphatic heterocycles. The smallest absolute Gasteiger partial charge is 0.214 e. The third-order valence-corrected chi connectivity index (χ3v) is 5.05. The number of hydrogen-bond acceptors (Lipinski definition) is 3. The summed E-state index contributed by atoms with van der Waals surface area (Å²) in [5.41, 5.74) is 7.61. The van der Waals surface area contributed by atoms with Crippen LogP contribution in [0.2, 0.25) is 0 Å². The van der Waals surface area contributed by atoms with Crippen LogP contribution in [-0.4, -0.2) is 25.0 Å². The van der Waals surface area contributed by atoms with Gasteiger partial charge in [0, 0.05) is 19.6 Å². The topological polar surface area (TPSA) is 63.4 Å². The Morgan fingerprint density at radius 3 is 2.71 bits per heavy atom. The van der Waals surface area contributed by atoms with Crippen molar-refractivity contribution in [3.63, 3.8) is 0 Å². The Bertz CT molecular complexity index is 499. The van der Waals surface area contributed by atoms with Crippen molar-refractivity contribution in [1.82, 2.24) is 4.31 Å². The number of hydrogen-bond donors (Lipinski definition) is 1. The van der Waals surface area contributed by atoms with E-state index in [4.69, 9.17) is 5.73 Å². The average molecular weight is 254 g/mol. The van der Waals surface area contributed by atoms with Gasteiger partial charge < -0.3 is 5.73 Å². The van der Waals surface area contributed by atoms with E-state index in [1.807, 2.05) is 31.2 Å². The van der Waals surface area contributed by atoms with Gasteiger partial charge in [0.25, 0.3) is 0 Å². The largest absolute Gasteiger partial charge is 0.326 e. The summed E-state index contributed by atoms with van der Waals surface area (Å²) in [7, 11) is -3.05. The first kappa shape index (κ1) is 12.5. The first-order valence-electron chi connectivity index (χ1n) is 5.77. The normalized spacial score (nSPS) is 24.0. The summed E-state index contributed by atoms with van der Waals surface area (Å²) in [5, 5.41) is 0. The van der Waals surface area contributed by atoms with Gasteiger partial charge in [-0.3, -0.25) is 0 Å². The first-order valence-corrected chi connectivity index (χ1v) is 7.38. The second-order valence-corrected chi connectivity index (χ2v) is 6.71. The van der Waals surface area contributed by atoms with Crippen LogP contribution in [0.15, 0.2) is 24.3 Å². The molecule has 0 aliphatic carbocycles. The number of nitrogens with two attached hydrogens (primary N) is 1. The maximum absolute atomic E-state index is 11.8. The van der Waals surface area contributed by atoms with E-state index in [0.717, 1.165) is 11.1 Å². The SMILES string of the molecule is CC1CN(Cc2cccc(CN)c2)S(=O)(=O)C1.